The Labute approximate surface area is 195 Å². The molecule has 3 heterocycles. The van der Waals surface area contributed by atoms with Gasteiger partial charge in [-0.2, -0.15) is 0 Å². The number of cyclic esters (lactones) is 1. The molecule has 1 aliphatic heterocycles. The second-order valence-corrected chi connectivity index (χ2v) is 8.25. The number of ether oxygens (including phenoxy) is 1. The fourth-order valence-corrected chi connectivity index (χ4v) is 4.30. The molecule has 1 fully saturated rings. The third-order valence-electron chi connectivity index (χ3n) is 5.85. The lowest BCUT2D eigenvalue weighted by atomic mass is 10.0. The Morgan fingerprint density at radius 1 is 1.06 bits per heavy atom. The third-order valence-corrected chi connectivity index (χ3v) is 5.85. The first-order valence-electron chi connectivity index (χ1n) is 11.1. The molecule has 5 rings (SSSR count). The van der Waals surface area contributed by atoms with Crippen LogP contribution in [-0.2, 0) is 16.1 Å². The lowest BCUT2D eigenvalue weighted by Crippen LogP contribution is -2.33. The van der Waals surface area contributed by atoms with E-state index >= 15 is 0 Å². The first-order valence-corrected chi connectivity index (χ1v) is 11.1. The zero-order chi connectivity index (χ0) is 23.5. The summed E-state index contributed by atoms with van der Waals surface area (Å²) in [6, 6.07) is 17.8. The summed E-state index contributed by atoms with van der Waals surface area (Å²) in [5, 5.41) is 10.0. The molecule has 0 amide bonds. The Bertz CT molecular complexity index is 1280. The van der Waals surface area contributed by atoms with Crippen LogP contribution in [0.15, 0.2) is 73.2 Å². The number of carbonyl (C=O) groups is 1. The molecule has 0 aliphatic carbocycles. The number of hydrogen-bond donors (Lipinski definition) is 1. The van der Waals surface area contributed by atoms with Gasteiger partial charge in [-0.05, 0) is 30.3 Å². The van der Waals surface area contributed by atoms with Gasteiger partial charge in [-0.1, -0.05) is 30.3 Å². The Morgan fingerprint density at radius 2 is 1.85 bits per heavy atom. The summed E-state index contributed by atoms with van der Waals surface area (Å²) in [7, 11) is 0. The number of halogens is 1. The van der Waals surface area contributed by atoms with Crippen molar-refractivity contribution < 1.29 is 19.0 Å². The highest BCUT2D eigenvalue weighted by Gasteiger charge is 2.28. The fraction of sp³-hybridized carbons (Fsp3) is 0.231. The van der Waals surface area contributed by atoms with Crippen LogP contribution in [0.3, 0.4) is 0 Å². The Kier molecular flexibility index (Phi) is 6.14. The van der Waals surface area contributed by atoms with Crippen molar-refractivity contribution in [2.75, 3.05) is 0 Å². The minimum atomic E-state index is -0.698. The molecule has 7 nitrogen and oxygen atoms in total. The van der Waals surface area contributed by atoms with Gasteiger partial charge in [0.15, 0.2) is 0 Å². The van der Waals surface area contributed by atoms with Crippen LogP contribution in [-0.4, -0.2) is 42.8 Å². The van der Waals surface area contributed by atoms with Crippen molar-refractivity contribution in [3.8, 4) is 34.0 Å². The Hall–Kier alpha value is -3.91. The molecule has 2 aromatic heterocycles. The highest BCUT2D eigenvalue weighted by atomic mass is 19.1. The number of aromatic nitrogens is 4. The van der Waals surface area contributed by atoms with Gasteiger partial charge in [-0.25, -0.2) is 19.3 Å². The molecule has 1 N–H and O–H groups in total. The average molecular weight is 458 g/mol. The normalized spacial score (nSPS) is 18.0. The lowest BCUT2D eigenvalue weighted by molar-refractivity contribution is -0.160. The summed E-state index contributed by atoms with van der Waals surface area (Å²) in [5.41, 5.74) is 3.76. The van der Waals surface area contributed by atoms with Gasteiger partial charge in [0.05, 0.1) is 23.9 Å². The largest absolute Gasteiger partial charge is 0.462 e. The maximum absolute atomic E-state index is 13.7. The van der Waals surface area contributed by atoms with Gasteiger partial charge in [-0.3, -0.25) is 4.79 Å². The number of imidazole rings is 1. The van der Waals surface area contributed by atoms with E-state index in [1.807, 2.05) is 30.3 Å². The van der Waals surface area contributed by atoms with Crippen molar-refractivity contribution >= 4 is 5.97 Å². The van der Waals surface area contributed by atoms with Crippen molar-refractivity contribution in [3.05, 3.63) is 79.0 Å². The molecular weight excluding hydrogens is 435 g/mol. The van der Waals surface area contributed by atoms with Crippen molar-refractivity contribution in [1.29, 1.82) is 0 Å². The van der Waals surface area contributed by atoms with Gasteiger partial charge < -0.3 is 14.4 Å². The first kappa shape index (κ1) is 21.9. The molecule has 34 heavy (non-hydrogen) atoms. The van der Waals surface area contributed by atoms with E-state index in [0.29, 0.717) is 30.8 Å². The molecule has 2 atom stereocenters. The number of benzene rings is 2. The zero-order valence-electron chi connectivity index (χ0n) is 18.3. The summed E-state index contributed by atoms with van der Waals surface area (Å²) in [6.07, 6.45) is 2.94. The zero-order valence-corrected chi connectivity index (χ0v) is 18.3. The van der Waals surface area contributed by atoms with Gasteiger partial charge in [0, 0.05) is 36.7 Å². The highest BCUT2D eigenvalue weighted by molar-refractivity contribution is 5.80. The molecule has 172 valence electrons. The Morgan fingerprint density at radius 3 is 2.56 bits per heavy atom. The van der Waals surface area contributed by atoms with Crippen molar-refractivity contribution in [2.24, 2.45) is 0 Å². The lowest BCUT2D eigenvalue weighted by Gasteiger charge is -2.26. The Balaban J connectivity index is 1.64. The van der Waals surface area contributed by atoms with Crippen molar-refractivity contribution in [2.45, 2.75) is 38.0 Å². The van der Waals surface area contributed by atoms with Gasteiger partial charge in [-0.15, -0.1) is 0 Å². The third kappa shape index (κ3) is 4.58. The van der Waals surface area contributed by atoms with Gasteiger partial charge in [0.1, 0.15) is 29.8 Å². The van der Waals surface area contributed by atoms with Crippen molar-refractivity contribution in [1.82, 2.24) is 19.5 Å². The number of aliphatic hydroxyl groups is 1. The second-order valence-electron chi connectivity index (χ2n) is 8.25. The quantitative estimate of drug-likeness (QED) is 0.434. The fourth-order valence-electron chi connectivity index (χ4n) is 4.30. The molecule has 1 saturated heterocycles. The van der Waals surface area contributed by atoms with Crippen LogP contribution in [0.1, 0.15) is 19.3 Å². The maximum atomic E-state index is 13.7. The predicted molar refractivity (Wildman–Crippen MR) is 124 cm³/mol. The van der Waals surface area contributed by atoms with Crippen LogP contribution in [0.2, 0.25) is 0 Å². The van der Waals surface area contributed by atoms with Gasteiger partial charge >= 0.3 is 5.97 Å². The molecule has 8 heteroatoms. The molecule has 0 radical (unpaired) electrons. The molecule has 0 saturated carbocycles. The average Bonchev–Trinajstić information content (AvgIpc) is 3.23. The number of carbonyl (C=O) groups excluding carboxylic acids is 1. The maximum Gasteiger partial charge on any atom is 0.308 e. The van der Waals surface area contributed by atoms with E-state index in [2.05, 4.69) is 14.5 Å². The standard InChI is InChI=1S/C26H23FN4O3/c27-19-8-6-17(7-9-19)25-24(22-10-12-28-16-29-22)30-26(18-4-2-1-3-5-18)31(25)13-11-21-14-20(32)15-23(33)34-21/h1-10,12,16,20-21,32H,11,13-15H2. The van der Waals surface area contributed by atoms with Crippen LogP contribution in [0.25, 0.3) is 34.0 Å². The van der Waals surface area contributed by atoms with E-state index in [1.54, 1.807) is 24.4 Å². The summed E-state index contributed by atoms with van der Waals surface area (Å²) in [5.74, 6) is -0.000826. The minimum Gasteiger partial charge on any atom is -0.462 e. The van der Waals surface area contributed by atoms with Crippen molar-refractivity contribution in [3.63, 3.8) is 0 Å². The first-order chi connectivity index (χ1) is 16.6. The van der Waals surface area contributed by atoms with Gasteiger partial charge in [0.2, 0.25) is 0 Å². The van der Waals surface area contributed by atoms with E-state index in [4.69, 9.17) is 9.72 Å². The summed E-state index contributed by atoms with van der Waals surface area (Å²) < 4.78 is 21.3. The van der Waals surface area contributed by atoms with Crippen LogP contribution >= 0.6 is 0 Å². The summed E-state index contributed by atoms with van der Waals surface area (Å²) in [6.45, 7) is 0.472. The van der Waals surface area contributed by atoms with E-state index in [0.717, 1.165) is 22.6 Å². The molecule has 4 aromatic rings. The molecule has 0 spiro atoms. The molecule has 1 aliphatic rings. The molecule has 2 unspecified atom stereocenters. The van der Waals surface area contributed by atoms with E-state index < -0.39 is 18.2 Å². The number of hydrogen-bond acceptors (Lipinski definition) is 6. The van der Waals surface area contributed by atoms with Crippen LogP contribution in [0.4, 0.5) is 4.39 Å². The van der Waals surface area contributed by atoms with E-state index in [1.165, 1.54) is 18.5 Å². The second kappa shape index (κ2) is 9.52. The highest BCUT2D eigenvalue weighted by Crippen LogP contribution is 2.36. The predicted octanol–water partition coefficient (Wildman–Crippen LogP) is 4.27. The molecule has 2 aromatic carbocycles. The smallest absolute Gasteiger partial charge is 0.308 e. The minimum absolute atomic E-state index is 0.0233. The number of nitrogens with zero attached hydrogens (tertiary/aromatic N) is 4. The van der Waals surface area contributed by atoms with E-state index in [-0.39, 0.29) is 12.2 Å². The van der Waals surface area contributed by atoms with Gasteiger partial charge in [0.25, 0.3) is 0 Å². The number of rotatable bonds is 6. The molecular formula is C26H23FN4O3. The van der Waals surface area contributed by atoms with Crippen LogP contribution in [0, 0.1) is 5.82 Å². The number of esters is 1. The summed E-state index contributed by atoms with van der Waals surface area (Å²) >= 11 is 0. The topological polar surface area (TPSA) is 90.1 Å². The SMILES string of the molecule is O=C1CC(O)CC(CCn2c(-c3ccccc3)nc(-c3ccncn3)c2-c2ccc(F)cc2)O1. The number of aliphatic hydroxyl groups excluding tert-OH is 1. The van der Waals surface area contributed by atoms with E-state index in [9.17, 15) is 14.3 Å². The molecule has 0 bridgehead atoms. The van der Waals surface area contributed by atoms with Crippen LogP contribution in [0.5, 0.6) is 0 Å². The summed E-state index contributed by atoms with van der Waals surface area (Å²) in [4.78, 5) is 25.2. The van der Waals surface area contributed by atoms with Crippen LogP contribution < -0.4 is 0 Å². The monoisotopic (exact) mass is 458 g/mol.